The molecule has 9 heteroatoms. The highest BCUT2D eigenvalue weighted by Gasteiger charge is 2.23. The molecule has 0 heterocycles. The summed E-state index contributed by atoms with van der Waals surface area (Å²) in [5.74, 6) is -0.744. The van der Waals surface area contributed by atoms with Crippen LogP contribution in [0.4, 0.5) is 5.69 Å². The molecular weight excluding hydrogens is 368 g/mol. The van der Waals surface area contributed by atoms with Gasteiger partial charge in [-0.15, -0.1) is 0 Å². The first kappa shape index (κ1) is 22.8. The smallest absolute Gasteiger partial charge is 0.255 e. The van der Waals surface area contributed by atoms with Crippen LogP contribution >= 0.6 is 0 Å². The number of carbonyl (C=O) groups is 2. The number of nitrogens with one attached hydrogen (secondary N) is 2. The Hall–Kier alpha value is -2.26. The number of amides is 2. The van der Waals surface area contributed by atoms with Gasteiger partial charge in [-0.1, -0.05) is 26.7 Å². The minimum absolute atomic E-state index is 0.0352. The second kappa shape index (κ2) is 10.8. The van der Waals surface area contributed by atoms with Gasteiger partial charge in [-0.2, -0.15) is 9.41 Å². The van der Waals surface area contributed by atoms with Crippen LogP contribution in [-0.4, -0.2) is 43.8 Å². The van der Waals surface area contributed by atoms with Gasteiger partial charge >= 0.3 is 0 Å². The lowest BCUT2D eigenvalue weighted by molar-refractivity contribution is -0.121. The molecule has 0 saturated heterocycles. The zero-order chi connectivity index (χ0) is 20.4. The van der Waals surface area contributed by atoms with Crippen molar-refractivity contribution in [3.63, 3.8) is 0 Å². The molecule has 0 aliphatic heterocycles. The third-order valence-corrected chi connectivity index (χ3v) is 5.48. The highest BCUT2D eigenvalue weighted by Crippen LogP contribution is 2.17. The van der Waals surface area contributed by atoms with Crippen LogP contribution < -0.4 is 10.7 Å². The zero-order valence-electron chi connectivity index (χ0n) is 16.3. The summed E-state index contributed by atoms with van der Waals surface area (Å²) in [6.45, 7) is 5.09. The molecular formula is C18H28N4O4S. The third kappa shape index (κ3) is 7.48. The topological polar surface area (TPSA) is 108 Å². The average molecular weight is 397 g/mol. The molecule has 1 aromatic carbocycles. The second-order valence-corrected chi connectivity index (χ2v) is 8.22. The van der Waals surface area contributed by atoms with Crippen molar-refractivity contribution in [2.24, 2.45) is 5.10 Å². The fourth-order valence-electron chi connectivity index (χ4n) is 2.37. The molecule has 0 bridgehead atoms. The summed E-state index contributed by atoms with van der Waals surface area (Å²) >= 11 is 0. The fourth-order valence-corrected chi connectivity index (χ4v) is 3.50. The summed E-state index contributed by atoms with van der Waals surface area (Å²) in [6.07, 6.45) is 3.45. The van der Waals surface area contributed by atoms with Crippen molar-refractivity contribution in [1.82, 2.24) is 9.73 Å². The Bertz CT molecular complexity index is 765. The number of hydrogen-bond donors (Lipinski definition) is 2. The van der Waals surface area contributed by atoms with Gasteiger partial charge in [0.1, 0.15) is 0 Å². The van der Waals surface area contributed by atoms with Crippen LogP contribution in [0.2, 0.25) is 0 Å². The number of nitrogens with zero attached hydrogens (tertiary/aromatic N) is 2. The van der Waals surface area contributed by atoms with Crippen molar-refractivity contribution in [3.8, 4) is 0 Å². The maximum Gasteiger partial charge on any atom is 0.255 e. The monoisotopic (exact) mass is 396 g/mol. The normalized spacial score (nSPS) is 11.1. The Labute approximate surface area is 161 Å². The van der Waals surface area contributed by atoms with E-state index in [4.69, 9.17) is 0 Å². The van der Waals surface area contributed by atoms with Gasteiger partial charge < -0.3 is 5.32 Å². The van der Waals surface area contributed by atoms with E-state index in [0.29, 0.717) is 5.69 Å². The van der Waals surface area contributed by atoms with Crippen molar-refractivity contribution in [2.75, 3.05) is 18.9 Å². The second-order valence-electron chi connectivity index (χ2n) is 6.18. The molecule has 0 aliphatic rings. The summed E-state index contributed by atoms with van der Waals surface area (Å²) in [5.41, 5.74) is 3.82. The van der Waals surface area contributed by atoms with Crippen molar-refractivity contribution >= 4 is 33.2 Å². The van der Waals surface area contributed by atoms with Crippen LogP contribution in [0.5, 0.6) is 0 Å². The Morgan fingerprint density at radius 1 is 1.07 bits per heavy atom. The number of benzene rings is 1. The average Bonchev–Trinajstić information content (AvgIpc) is 2.60. The maximum absolute atomic E-state index is 12.6. The molecule has 1 rings (SSSR count). The number of hydrogen-bond acceptors (Lipinski definition) is 5. The summed E-state index contributed by atoms with van der Waals surface area (Å²) in [6, 6.07) is 5.75. The number of anilines is 1. The van der Waals surface area contributed by atoms with Crippen LogP contribution in [0, 0.1) is 0 Å². The molecule has 27 heavy (non-hydrogen) atoms. The van der Waals surface area contributed by atoms with Gasteiger partial charge in [-0.25, -0.2) is 13.8 Å². The predicted octanol–water partition coefficient (Wildman–Crippen LogP) is 2.34. The van der Waals surface area contributed by atoms with E-state index in [-0.39, 0.29) is 17.3 Å². The number of carbonyl (C=O) groups excluding carboxylic acids is 2. The van der Waals surface area contributed by atoms with Gasteiger partial charge in [0, 0.05) is 25.4 Å². The highest BCUT2D eigenvalue weighted by atomic mass is 32.2. The molecule has 2 amide bonds. The fraction of sp³-hybridized carbons (Fsp3) is 0.500. The molecule has 0 spiro atoms. The van der Waals surface area contributed by atoms with Crippen LogP contribution in [0.1, 0.15) is 46.5 Å². The van der Waals surface area contributed by atoms with Crippen LogP contribution in [0.3, 0.4) is 0 Å². The number of sulfonamides is 1. The van der Waals surface area contributed by atoms with Gasteiger partial charge in [-0.05, 0) is 37.1 Å². The molecule has 0 radical (unpaired) electrons. The molecule has 0 atom stereocenters. The van der Waals surface area contributed by atoms with E-state index in [1.807, 2.05) is 13.8 Å². The molecule has 8 nitrogen and oxygen atoms in total. The van der Waals surface area contributed by atoms with Crippen molar-refractivity contribution in [2.45, 2.75) is 51.3 Å². The molecule has 150 valence electrons. The standard InChI is InChI=1S/C18H28N4O4S/c1-5-7-16(8-6-2)20-21-18(24)13-22(4)27(25,26)17-11-9-15(10-12-17)19-14(3)23/h9-12H,5-8,13H2,1-4H3,(H,19,23)(H,21,24). The molecule has 0 aromatic heterocycles. The largest absolute Gasteiger partial charge is 0.326 e. The summed E-state index contributed by atoms with van der Waals surface area (Å²) < 4.78 is 26.1. The van der Waals surface area contributed by atoms with E-state index in [1.54, 1.807) is 0 Å². The molecule has 0 aliphatic carbocycles. The first-order chi connectivity index (χ1) is 12.7. The van der Waals surface area contributed by atoms with Crippen molar-refractivity contribution < 1.29 is 18.0 Å². The van der Waals surface area contributed by atoms with Gasteiger partial charge in [0.15, 0.2) is 0 Å². The van der Waals surface area contributed by atoms with E-state index in [2.05, 4.69) is 15.8 Å². The van der Waals surface area contributed by atoms with Crippen LogP contribution in [0.25, 0.3) is 0 Å². The van der Waals surface area contributed by atoms with E-state index in [1.165, 1.54) is 38.2 Å². The van der Waals surface area contributed by atoms with E-state index < -0.39 is 15.9 Å². The lowest BCUT2D eigenvalue weighted by Crippen LogP contribution is -2.37. The molecule has 0 fully saturated rings. The van der Waals surface area contributed by atoms with Crippen molar-refractivity contribution in [3.05, 3.63) is 24.3 Å². The lowest BCUT2D eigenvalue weighted by atomic mass is 10.1. The Morgan fingerprint density at radius 2 is 1.63 bits per heavy atom. The van der Waals surface area contributed by atoms with E-state index in [9.17, 15) is 18.0 Å². The SMILES string of the molecule is CCCC(CCC)=NNC(=O)CN(C)S(=O)(=O)c1ccc(NC(C)=O)cc1. The molecule has 1 aromatic rings. The minimum atomic E-state index is -3.83. The summed E-state index contributed by atoms with van der Waals surface area (Å²) in [7, 11) is -2.49. The van der Waals surface area contributed by atoms with Gasteiger partial charge in [-0.3, -0.25) is 9.59 Å². The van der Waals surface area contributed by atoms with Crippen molar-refractivity contribution in [1.29, 1.82) is 0 Å². The number of rotatable bonds is 10. The van der Waals surface area contributed by atoms with Crippen LogP contribution in [-0.2, 0) is 19.6 Å². The number of likely N-dealkylation sites (N-methyl/N-ethyl adjacent to an activating group) is 1. The third-order valence-electron chi connectivity index (χ3n) is 3.67. The molecule has 0 unspecified atom stereocenters. The predicted molar refractivity (Wildman–Crippen MR) is 106 cm³/mol. The van der Waals surface area contributed by atoms with Crippen LogP contribution in [0.15, 0.2) is 34.3 Å². The highest BCUT2D eigenvalue weighted by molar-refractivity contribution is 7.89. The first-order valence-corrected chi connectivity index (χ1v) is 10.3. The zero-order valence-corrected chi connectivity index (χ0v) is 17.1. The Morgan fingerprint density at radius 3 is 2.11 bits per heavy atom. The van der Waals surface area contributed by atoms with E-state index in [0.717, 1.165) is 35.7 Å². The van der Waals surface area contributed by atoms with Gasteiger partial charge in [0.05, 0.1) is 11.4 Å². The number of hydrazone groups is 1. The van der Waals surface area contributed by atoms with E-state index >= 15 is 0 Å². The molecule has 2 N–H and O–H groups in total. The quantitative estimate of drug-likeness (QED) is 0.467. The Kier molecular flexibility index (Phi) is 9.10. The summed E-state index contributed by atoms with van der Waals surface area (Å²) in [4.78, 5) is 23.1. The Balaban J connectivity index is 2.76. The van der Waals surface area contributed by atoms with Gasteiger partial charge in [0.2, 0.25) is 15.9 Å². The molecule has 0 saturated carbocycles. The summed E-state index contributed by atoms with van der Waals surface area (Å²) in [5, 5.41) is 6.67. The van der Waals surface area contributed by atoms with Gasteiger partial charge in [0.25, 0.3) is 5.91 Å². The first-order valence-electron chi connectivity index (χ1n) is 8.89. The maximum atomic E-state index is 12.6. The minimum Gasteiger partial charge on any atom is -0.326 e. The lowest BCUT2D eigenvalue weighted by Gasteiger charge is -2.16.